The Morgan fingerprint density at radius 2 is 1.80 bits per heavy atom. The van der Waals surface area contributed by atoms with Crippen LogP contribution in [0.25, 0.3) is 0 Å². The molecule has 0 saturated heterocycles. The lowest BCUT2D eigenvalue weighted by molar-refractivity contribution is 0.166. The standard InChI is InChI=1S/C16H15F2NO5S/c17-11-2-1-3-12(18)16(11)25(21,22)19-7-6-13(20)10-4-5-14-15(8-10)24-9-23-14/h1-5,8,13,19-20H,6-7,9H2/t13-/m1/s1. The van der Waals surface area contributed by atoms with E-state index >= 15 is 0 Å². The van der Waals surface area contributed by atoms with Crippen molar-refractivity contribution >= 4 is 10.0 Å². The highest BCUT2D eigenvalue weighted by Crippen LogP contribution is 2.34. The number of aliphatic hydroxyl groups is 1. The minimum atomic E-state index is -4.36. The van der Waals surface area contributed by atoms with Gasteiger partial charge in [0.1, 0.15) is 11.6 Å². The molecule has 134 valence electrons. The van der Waals surface area contributed by atoms with Gasteiger partial charge in [-0.05, 0) is 36.2 Å². The van der Waals surface area contributed by atoms with Gasteiger partial charge in [0, 0.05) is 6.54 Å². The summed E-state index contributed by atoms with van der Waals surface area (Å²) in [5.41, 5.74) is 0.514. The molecule has 1 heterocycles. The van der Waals surface area contributed by atoms with E-state index in [1.807, 2.05) is 0 Å². The zero-order chi connectivity index (χ0) is 18.0. The third kappa shape index (κ3) is 3.73. The fraction of sp³-hybridized carbons (Fsp3) is 0.250. The number of ether oxygens (including phenoxy) is 2. The molecule has 1 aliphatic heterocycles. The van der Waals surface area contributed by atoms with Crippen LogP contribution >= 0.6 is 0 Å². The molecular weight excluding hydrogens is 356 g/mol. The number of hydrogen-bond acceptors (Lipinski definition) is 5. The van der Waals surface area contributed by atoms with Gasteiger partial charge in [0.2, 0.25) is 16.8 Å². The van der Waals surface area contributed by atoms with E-state index in [4.69, 9.17) is 9.47 Å². The highest BCUT2D eigenvalue weighted by molar-refractivity contribution is 7.89. The van der Waals surface area contributed by atoms with Crippen LogP contribution in [0.1, 0.15) is 18.1 Å². The molecule has 0 aromatic heterocycles. The van der Waals surface area contributed by atoms with Crippen LogP contribution in [0.2, 0.25) is 0 Å². The van der Waals surface area contributed by atoms with Crippen LogP contribution in [0, 0.1) is 11.6 Å². The van der Waals surface area contributed by atoms with Crippen LogP contribution in [-0.4, -0.2) is 26.9 Å². The molecule has 0 amide bonds. The van der Waals surface area contributed by atoms with Gasteiger partial charge in [-0.1, -0.05) is 12.1 Å². The molecule has 0 radical (unpaired) electrons. The van der Waals surface area contributed by atoms with Gasteiger partial charge in [0.05, 0.1) is 6.10 Å². The van der Waals surface area contributed by atoms with E-state index in [1.165, 1.54) is 0 Å². The van der Waals surface area contributed by atoms with Crippen molar-refractivity contribution in [1.29, 1.82) is 0 Å². The van der Waals surface area contributed by atoms with Crippen LogP contribution in [0.15, 0.2) is 41.3 Å². The van der Waals surface area contributed by atoms with Crippen LogP contribution in [0.4, 0.5) is 8.78 Å². The van der Waals surface area contributed by atoms with E-state index in [9.17, 15) is 22.3 Å². The van der Waals surface area contributed by atoms with Gasteiger partial charge in [0.25, 0.3) is 0 Å². The topological polar surface area (TPSA) is 84.9 Å². The van der Waals surface area contributed by atoms with Gasteiger partial charge in [-0.3, -0.25) is 0 Å². The maximum absolute atomic E-state index is 13.6. The number of sulfonamides is 1. The minimum Gasteiger partial charge on any atom is -0.454 e. The highest BCUT2D eigenvalue weighted by atomic mass is 32.2. The Morgan fingerprint density at radius 3 is 2.52 bits per heavy atom. The summed E-state index contributed by atoms with van der Waals surface area (Å²) in [6.45, 7) is -0.103. The first-order valence-corrected chi connectivity index (χ1v) is 8.88. The van der Waals surface area contributed by atoms with Crippen molar-refractivity contribution in [3.8, 4) is 11.5 Å². The molecule has 0 aliphatic carbocycles. The number of rotatable bonds is 6. The van der Waals surface area contributed by atoms with Gasteiger partial charge in [0.15, 0.2) is 16.4 Å². The molecule has 1 atom stereocenters. The summed E-state index contributed by atoms with van der Waals surface area (Å²) < 4.78 is 63.7. The van der Waals surface area contributed by atoms with Crippen molar-refractivity contribution in [3.05, 3.63) is 53.6 Å². The van der Waals surface area contributed by atoms with E-state index < -0.39 is 32.7 Å². The molecule has 2 N–H and O–H groups in total. The lowest BCUT2D eigenvalue weighted by Gasteiger charge is -2.13. The second kappa shape index (κ2) is 6.95. The number of fused-ring (bicyclic) bond motifs is 1. The Balaban J connectivity index is 1.64. The van der Waals surface area contributed by atoms with E-state index in [1.54, 1.807) is 18.2 Å². The summed E-state index contributed by atoms with van der Waals surface area (Å²) in [7, 11) is -4.36. The van der Waals surface area contributed by atoms with Gasteiger partial charge >= 0.3 is 0 Å². The monoisotopic (exact) mass is 371 g/mol. The second-order valence-electron chi connectivity index (χ2n) is 5.37. The summed E-state index contributed by atoms with van der Waals surface area (Å²) in [6, 6.07) is 7.66. The third-order valence-corrected chi connectivity index (χ3v) is 5.19. The van der Waals surface area contributed by atoms with Gasteiger partial charge in [-0.15, -0.1) is 0 Å². The van der Waals surface area contributed by atoms with E-state index in [2.05, 4.69) is 4.72 Å². The summed E-state index contributed by atoms with van der Waals surface area (Å²) in [6.07, 6.45) is -0.975. The highest BCUT2D eigenvalue weighted by Gasteiger charge is 2.24. The molecule has 6 nitrogen and oxygen atoms in total. The first-order valence-electron chi connectivity index (χ1n) is 7.40. The Morgan fingerprint density at radius 1 is 1.12 bits per heavy atom. The zero-order valence-corrected chi connectivity index (χ0v) is 13.7. The molecule has 0 spiro atoms. The Hall–Kier alpha value is -2.23. The molecule has 25 heavy (non-hydrogen) atoms. The molecule has 9 heteroatoms. The fourth-order valence-corrected chi connectivity index (χ4v) is 3.61. The number of halogens is 2. The maximum atomic E-state index is 13.6. The van der Waals surface area contributed by atoms with Crippen molar-refractivity contribution in [3.63, 3.8) is 0 Å². The largest absolute Gasteiger partial charge is 0.454 e. The Bertz CT molecular complexity index is 868. The van der Waals surface area contributed by atoms with E-state index in [-0.39, 0.29) is 19.8 Å². The number of nitrogens with one attached hydrogen (secondary N) is 1. The molecule has 1 aliphatic rings. The van der Waals surface area contributed by atoms with Crippen LogP contribution in [-0.2, 0) is 10.0 Å². The molecule has 2 aromatic carbocycles. The summed E-state index contributed by atoms with van der Waals surface area (Å²) in [4.78, 5) is -1.03. The van der Waals surface area contributed by atoms with E-state index in [0.717, 1.165) is 18.2 Å². The number of benzene rings is 2. The maximum Gasteiger partial charge on any atom is 0.246 e. The van der Waals surface area contributed by atoms with E-state index in [0.29, 0.717) is 17.1 Å². The van der Waals surface area contributed by atoms with Crippen LogP contribution in [0.3, 0.4) is 0 Å². The van der Waals surface area contributed by atoms with Crippen molar-refractivity contribution in [2.45, 2.75) is 17.4 Å². The Kier molecular flexibility index (Phi) is 4.89. The molecule has 0 saturated carbocycles. The average Bonchev–Trinajstić information content (AvgIpc) is 3.01. The van der Waals surface area contributed by atoms with Gasteiger partial charge < -0.3 is 14.6 Å². The van der Waals surface area contributed by atoms with Crippen molar-refractivity contribution < 1.29 is 31.8 Å². The van der Waals surface area contributed by atoms with Crippen molar-refractivity contribution in [2.75, 3.05) is 13.3 Å². The smallest absolute Gasteiger partial charge is 0.246 e. The van der Waals surface area contributed by atoms with Gasteiger partial charge in [-0.25, -0.2) is 21.9 Å². The number of hydrogen-bond donors (Lipinski definition) is 2. The van der Waals surface area contributed by atoms with Crippen molar-refractivity contribution in [2.24, 2.45) is 0 Å². The summed E-state index contributed by atoms with van der Waals surface area (Å²) >= 11 is 0. The number of aliphatic hydroxyl groups excluding tert-OH is 1. The SMILES string of the molecule is O=S(=O)(NCC[C@@H](O)c1ccc2c(c1)OCO2)c1c(F)cccc1F. The Labute approximate surface area is 143 Å². The summed E-state index contributed by atoms with van der Waals surface area (Å²) in [5, 5.41) is 10.1. The minimum absolute atomic E-state index is 0.00887. The quantitative estimate of drug-likeness (QED) is 0.812. The summed E-state index contributed by atoms with van der Waals surface area (Å²) in [5.74, 6) is -1.30. The molecular formula is C16H15F2NO5S. The third-order valence-electron chi connectivity index (χ3n) is 3.68. The zero-order valence-electron chi connectivity index (χ0n) is 12.9. The predicted octanol–water partition coefficient (Wildman–Crippen LogP) is 2.10. The predicted molar refractivity (Wildman–Crippen MR) is 83.7 cm³/mol. The second-order valence-corrected chi connectivity index (χ2v) is 7.07. The average molecular weight is 371 g/mol. The lowest BCUT2D eigenvalue weighted by atomic mass is 10.1. The fourth-order valence-electron chi connectivity index (χ4n) is 2.43. The molecule has 2 aromatic rings. The van der Waals surface area contributed by atoms with Crippen molar-refractivity contribution in [1.82, 2.24) is 4.72 Å². The molecule has 0 fully saturated rings. The first-order chi connectivity index (χ1) is 11.9. The normalized spacial score (nSPS) is 14.5. The molecule has 3 rings (SSSR count). The first kappa shape index (κ1) is 17.6. The molecule has 0 bridgehead atoms. The van der Waals surface area contributed by atoms with Crippen LogP contribution < -0.4 is 14.2 Å². The van der Waals surface area contributed by atoms with Crippen LogP contribution in [0.5, 0.6) is 11.5 Å². The lowest BCUT2D eigenvalue weighted by Crippen LogP contribution is -2.27. The van der Waals surface area contributed by atoms with Gasteiger partial charge in [-0.2, -0.15) is 0 Å². The molecule has 0 unspecified atom stereocenters.